The molecule has 0 saturated carbocycles. The van der Waals surface area contributed by atoms with E-state index in [2.05, 4.69) is 46.6 Å². The van der Waals surface area contributed by atoms with E-state index in [1.807, 2.05) is 0 Å². The highest BCUT2D eigenvalue weighted by Gasteiger charge is 2.20. The van der Waals surface area contributed by atoms with Crippen LogP contribution in [0.15, 0.2) is 0 Å². The molecule has 3 nitrogen and oxygen atoms in total. The minimum atomic E-state index is 0.498. The zero-order chi connectivity index (χ0) is 14.6. The van der Waals surface area contributed by atoms with Gasteiger partial charge in [0.15, 0.2) is 5.13 Å². The van der Waals surface area contributed by atoms with Gasteiger partial charge in [-0.15, -0.1) is 11.3 Å². The molecule has 0 aromatic carbocycles. The van der Waals surface area contributed by atoms with Crippen LogP contribution in [0.2, 0.25) is 0 Å². The van der Waals surface area contributed by atoms with E-state index in [4.69, 9.17) is 10.7 Å². The first kappa shape index (κ1) is 16.4. The van der Waals surface area contributed by atoms with Gasteiger partial charge in [0.25, 0.3) is 0 Å². The molecule has 1 aromatic rings. The molecule has 2 atom stereocenters. The number of anilines is 1. The first-order chi connectivity index (χ1) is 8.90. The number of aromatic nitrogens is 1. The second kappa shape index (κ2) is 7.25. The van der Waals surface area contributed by atoms with Crippen molar-refractivity contribution in [1.29, 1.82) is 0 Å². The fourth-order valence-corrected chi connectivity index (χ4v) is 3.38. The number of hydrogen-bond donors (Lipinski definition) is 1. The van der Waals surface area contributed by atoms with Gasteiger partial charge >= 0.3 is 0 Å². The number of hydrogen-bond acceptors (Lipinski definition) is 4. The third kappa shape index (κ3) is 4.18. The Kier molecular flexibility index (Phi) is 6.27. The molecule has 4 heteroatoms. The maximum atomic E-state index is 5.87. The molecule has 19 heavy (non-hydrogen) atoms. The Morgan fingerprint density at radius 2 is 1.89 bits per heavy atom. The Morgan fingerprint density at radius 3 is 2.37 bits per heavy atom. The summed E-state index contributed by atoms with van der Waals surface area (Å²) in [4.78, 5) is 8.39. The van der Waals surface area contributed by atoms with E-state index in [9.17, 15) is 0 Å². The third-order valence-electron chi connectivity index (χ3n) is 3.76. The molecule has 1 rings (SSSR count). The van der Waals surface area contributed by atoms with Crippen LogP contribution >= 0.6 is 11.3 Å². The average molecular weight is 283 g/mol. The molecule has 0 radical (unpaired) electrons. The maximum absolute atomic E-state index is 5.87. The summed E-state index contributed by atoms with van der Waals surface area (Å²) in [7, 11) is 2.15. The first-order valence-electron chi connectivity index (χ1n) is 7.33. The molecular weight excluding hydrogens is 254 g/mol. The van der Waals surface area contributed by atoms with Gasteiger partial charge in [-0.1, -0.05) is 27.7 Å². The van der Waals surface area contributed by atoms with Crippen molar-refractivity contribution in [3.05, 3.63) is 10.6 Å². The van der Waals surface area contributed by atoms with Gasteiger partial charge in [0.05, 0.1) is 5.69 Å². The van der Waals surface area contributed by atoms with Gasteiger partial charge < -0.3 is 10.6 Å². The predicted molar refractivity (Wildman–Crippen MR) is 86.0 cm³/mol. The molecule has 0 bridgehead atoms. The van der Waals surface area contributed by atoms with Crippen molar-refractivity contribution in [2.24, 2.45) is 11.7 Å². The predicted octanol–water partition coefficient (Wildman–Crippen LogP) is 3.99. The average Bonchev–Trinajstić information content (AvgIpc) is 2.80. The molecule has 2 N–H and O–H groups in total. The van der Waals surface area contributed by atoms with Gasteiger partial charge in [-0.2, -0.15) is 0 Å². The Bertz CT molecular complexity index is 387. The van der Waals surface area contributed by atoms with Gasteiger partial charge in [0.2, 0.25) is 0 Å². The molecule has 0 fully saturated rings. The Hall–Kier alpha value is -0.610. The molecule has 2 unspecified atom stereocenters. The van der Waals surface area contributed by atoms with Gasteiger partial charge in [-0.3, -0.25) is 0 Å². The van der Waals surface area contributed by atoms with Crippen molar-refractivity contribution >= 4 is 16.5 Å². The lowest BCUT2D eigenvalue weighted by molar-refractivity contribution is 0.503. The van der Waals surface area contributed by atoms with E-state index in [1.54, 1.807) is 11.3 Å². The third-order valence-corrected chi connectivity index (χ3v) is 4.94. The summed E-state index contributed by atoms with van der Waals surface area (Å²) in [5, 5.41) is 1.11. The Labute approximate surface area is 122 Å². The SMILES string of the molecule is CCC(C)c1nc(N(C)C(C)CC(C)C)sc1CN. The van der Waals surface area contributed by atoms with Crippen LogP contribution in [0.25, 0.3) is 0 Å². The summed E-state index contributed by atoms with van der Waals surface area (Å²) in [5.74, 6) is 1.21. The molecule has 0 aliphatic rings. The molecule has 0 saturated heterocycles. The number of thiazole rings is 1. The lowest BCUT2D eigenvalue weighted by Crippen LogP contribution is -2.29. The zero-order valence-electron chi connectivity index (χ0n) is 13.2. The normalized spacial score (nSPS) is 14.7. The summed E-state index contributed by atoms with van der Waals surface area (Å²) in [6.45, 7) is 11.8. The second-order valence-corrected chi connectivity index (χ2v) is 6.97. The van der Waals surface area contributed by atoms with E-state index < -0.39 is 0 Å². The number of nitrogens with zero attached hydrogens (tertiary/aromatic N) is 2. The van der Waals surface area contributed by atoms with Crippen molar-refractivity contribution in [3.8, 4) is 0 Å². The highest BCUT2D eigenvalue weighted by Crippen LogP contribution is 2.32. The van der Waals surface area contributed by atoms with Crippen LogP contribution in [-0.4, -0.2) is 18.1 Å². The molecule has 0 amide bonds. The van der Waals surface area contributed by atoms with Crippen LogP contribution in [0.3, 0.4) is 0 Å². The molecular formula is C15H29N3S. The summed E-state index contributed by atoms with van der Waals surface area (Å²) in [5.41, 5.74) is 7.07. The first-order valence-corrected chi connectivity index (χ1v) is 8.14. The van der Waals surface area contributed by atoms with E-state index in [1.165, 1.54) is 17.0 Å². The molecule has 1 heterocycles. The van der Waals surface area contributed by atoms with Gasteiger partial charge in [0, 0.05) is 24.5 Å². The number of rotatable bonds is 7. The largest absolute Gasteiger partial charge is 0.348 e. The van der Waals surface area contributed by atoms with Crippen molar-refractivity contribution in [2.45, 2.75) is 66.0 Å². The van der Waals surface area contributed by atoms with Crippen LogP contribution in [0.4, 0.5) is 5.13 Å². The highest BCUT2D eigenvalue weighted by atomic mass is 32.1. The Balaban J connectivity index is 2.92. The van der Waals surface area contributed by atoms with Gasteiger partial charge in [-0.05, 0) is 31.6 Å². The maximum Gasteiger partial charge on any atom is 0.185 e. The second-order valence-electron chi connectivity index (χ2n) is 5.91. The standard InChI is InChI=1S/C15H29N3S/c1-7-11(4)14-13(9-16)19-15(17-14)18(6)12(5)8-10(2)3/h10-12H,7-9,16H2,1-6H3. The lowest BCUT2D eigenvalue weighted by atomic mass is 10.0. The van der Waals surface area contributed by atoms with E-state index in [0.29, 0.717) is 24.4 Å². The van der Waals surface area contributed by atoms with Gasteiger partial charge in [0.1, 0.15) is 0 Å². The van der Waals surface area contributed by atoms with Crippen molar-refractivity contribution in [2.75, 3.05) is 11.9 Å². The lowest BCUT2D eigenvalue weighted by Gasteiger charge is -2.25. The highest BCUT2D eigenvalue weighted by molar-refractivity contribution is 7.15. The Morgan fingerprint density at radius 1 is 1.26 bits per heavy atom. The summed E-state index contributed by atoms with van der Waals surface area (Å²) < 4.78 is 0. The minimum absolute atomic E-state index is 0.498. The van der Waals surface area contributed by atoms with Crippen molar-refractivity contribution < 1.29 is 0 Å². The minimum Gasteiger partial charge on any atom is -0.348 e. The zero-order valence-corrected chi connectivity index (χ0v) is 14.0. The smallest absolute Gasteiger partial charge is 0.185 e. The molecule has 1 aromatic heterocycles. The fraction of sp³-hybridized carbons (Fsp3) is 0.800. The van der Waals surface area contributed by atoms with E-state index >= 15 is 0 Å². The van der Waals surface area contributed by atoms with Crippen LogP contribution in [0.5, 0.6) is 0 Å². The molecule has 0 spiro atoms. The monoisotopic (exact) mass is 283 g/mol. The topological polar surface area (TPSA) is 42.2 Å². The fourth-order valence-electron chi connectivity index (χ4n) is 2.26. The molecule has 110 valence electrons. The molecule has 0 aliphatic heterocycles. The molecule has 0 aliphatic carbocycles. The van der Waals surface area contributed by atoms with Crippen LogP contribution < -0.4 is 10.6 Å². The summed E-state index contributed by atoms with van der Waals surface area (Å²) in [6.07, 6.45) is 2.30. The van der Waals surface area contributed by atoms with E-state index in [-0.39, 0.29) is 0 Å². The number of nitrogens with two attached hydrogens (primary N) is 1. The quantitative estimate of drug-likeness (QED) is 0.823. The van der Waals surface area contributed by atoms with Crippen LogP contribution in [-0.2, 0) is 6.54 Å². The van der Waals surface area contributed by atoms with Crippen molar-refractivity contribution in [3.63, 3.8) is 0 Å². The van der Waals surface area contributed by atoms with Gasteiger partial charge in [-0.25, -0.2) is 4.98 Å². The summed E-state index contributed by atoms with van der Waals surface area (Å²) >= 11 is 1.76. The summed E-state index contributed by atoms with van der Waals surface area (Å²) in [6, 6.07) is 0.515. The van der Waals surface area contributed by atoms with E-state index in [0.717, 1.165) is 11.6 Å². The van der Waals surface area contributed by atoms with Crippen LogP contribution in [0, 0.1) is 5.92 Å². The van der Waals surface area contributed by atoms with Crippen molar-refractivity contribution in [1.82, 2.24) is 4.98 Å². The van der Waals surface area contributed by atoms with Crippen LogP contribution in [0.1, 0.15) is 63.9 Å².